The van der Waals surface area contributed by atoms with E-state index in [9.17, 15) is 40.5 Å². The summed E-state index contributed by atoms with van der Waals surface area (Å²) in [5.41, 5.74) is 29.1. The van der Waals surface area contributed by atoms with Gasteiger partial charge in [0.05, 0.1) is 36.9 Å². The summed E-state index contributed by atoms with van der Waals surface area (Å²) in [6, 6.07) is -3.94. The van der Waals surface area contributed by atoms with Gasteiger partial charge in [0.2, 0.25) is 0 Å². The molecule has 3 rings (SSSR count). The lowest BCUT2D eigenvalue weighted by atomic mass is 9.83. The number of aliphatic hydroxyl groups is 7. The quantitative estimate of drug-likeness (QED) is 0.0782. The minimum Gasteiger partial charge on any atom is -0.394 e. The van der Waals surface area contributed by atoms with Crippen LogP contribution in [-0.2, 0) is 23.7 Å². The zero-order chi connectivity index (χ0) is 32.7. The smallest absolute Gasteiger partial charge is 0.251 e. The normalized spacial score (nSPS) is 42.9. The molecule has 0 spiro atoms. The van der Waals surface area contributed by atoms with Gasteiger partial charge in [-0.25, -0.2) is 0 Å². The van der Waals surface area contributed by atoms with E-state index in [0.29, 0.717) is 19.5 Å². The molecule has 2 aliphatic heterocycles. The van der Waals surface area contributed by atoms with E-state index < -0.39 is 117 Å². The van der Waals surface area contributed by atoms with Gasteiger partial charge in [0.1, 0.15) is 42.7 Å². The van der Waals surface area contributed by atoms with Crippen molar-refractivity contribution in [3.63, 3.8) is 0 Å². The van der Waals surface area contributed by atoms with E-state index >= 15 is 0 Å². The number of nitrogens with one attached hydrogen (secondary N) is 2. The molecule has 0 radical (unpaired) electrons. The molecule has 1 saturated carbocycles. The molecule has 44 heavy (non-hydrogen) atoms. The highest BCUT2D eigenvalue weighted by Gasteiger charge is 2.51. The molecule has 1 aliphatic carbocycles. The number of aliphatic hydroxyl groups excluding tert-OH is 7. The fourth-order valence-corrected chi connectivity index (χ4v) is 5.64. The van der Waals surface area contributed by atoms with E-state index in [1.807, 2.05) is 0 Å². The minimum atomic E-state index is -1.92. The fourth-order valence-electron chi connectivity index (χ4n) is 5.64. The first-order valence-corrected chi connectivity index (χ1v) is 14.8. The van der Waals surface area contributed by atoms with Crippen LogP contribution >= 0.6 is 0 Å². The number of hydrogen-bond acceptors (Lipinski definition) is 18. The summed E-state index contributed by atoms with van der Waals surface area (Å²) in [5.74, 6) is -1.04. The third kappa shape index (κ3) is 8.77. The number of hydrogen-bond donors (Lipinski definition) is 14. The second-order valence-electron chi connectivity index (χ2n) is 11.5. The summed E-state index contributed by atoms with van der Waals surface area (Å²) in [5, 5.41) is 78.4. The molecule has 1 amide bonds. The highest BCUT2D eigenvalue weighted by atomic mass is 16.7. The molecule has 3 aliphatic rings. The summed E-state index contributed by atoms with van der Waals surface area (Å²) in [6.07, 6.45) is -15.6. The predicted octanol–water partition coefficient (Wildman–Crippen LogP) is -8.48. The van der Waals surface area contributed by atoms with Crippen molar-refractivity contribution in [2.45, 2.75) is 117 Å². The van der Waals surface area contributed by atoms with Crippen molar-refractivity contribution in [2.75, 3.05) is 32.8 Å². The standard InChI is InChI=1S/C25H51N7O12/c26-2-1-3-31-11-5-12(34)14(7-28)41-24(11)43-21-9(29)4-10(32-23(40)17(36)13(35)6-27)22(20(21)39)44-25-19(38)16(30)18(37)15(8-33)42-25/h9-22,24-25,31,33-39H,1-8,26-30H2,(H,32,40)/t9-,10+,11+,12-,13?,14+,15+,16-,17?,18+,19+,20-,21+,22-,24+,25+/m0/s1. The summed E-state index contributed by atoms with van der Waals surface area (Å²) < 4.78 is 23.6. The lowest BCUT2D eigenvalue weighted by molar-refractivity contribution is -0.316. The fraction of sp³-hybridized carbons (Fsp3) is 0.960. The Bertz CT molecular complexity index is 883. The number of nitrogens with two attached hydrogens (primary N) is 5. The van der Waals surface area contributed by atoms with Gasteiger partial charge in [-0.15, -0.1) is 0 Å². The van der Waals surface area contributed by atoms with Gasteiger partial charge in [-0.3, -0.25) is 4.79 Å². The van der Waals surface area contributed by atoms with Crippen LogP contribution in [0.25, 0.3) is 0 Å². The third-order valence-electron chi connectivity index (χ3n) is 8.32. The molecule has 0 aromatic rings. The number of amides is 1. The third-order valence-corrected chi connectivity index (χ3v) is 8.32. The van der Waals surface area contributed by atoms with Gasteiger partial charge in [-0.05, 0) is 32.4 Å². The van der Waals surface area contributed by atoms with Crippen molar-refractivity contribution < 1.29 is 59.5 Å². The maximum atomic E-state index is 12.8. The number of carbonyl (C=O) groups is 1. The molecule has 2 unspecified atom stereocenters. The lowest BCUT2D eigenvalue weighted by Crippen LogP contribution is -2.69. The average Bonchev–Trinajstić information content (AvgIpc) is 3.00. The topological polar surface area (TPSA) is 350 Å². The zero-order valence-corrected chi connectivity index (χ0v) is 24.5. The average molecular weight is 642 g/mol. The van der Waals surface area contributed by atoms with Crippen molar-refractivity contribution in [1.82, 2.24) is 10.6 Å². The van der Waals surface area contributed by atoms with Crippen molar-refractivity contribution in [1.29, 1.82) is 0 Å². The molecular formula is C25H51N7O12. The maximum Gasteiger partial charge on any atom is 0.251 e. The van der Waals surface area contributed by atoms with Gasteiger partial charge in [-0.2, -0.15) is 0 Å². The molecule has 2 heterocycles. The van der Waals surface area contributed by atoms with Gasteiger partial charge < -0.3 is 94.0 Å². The van der Waals surface area contributed by atoms with Crippen molar-refractivity contribution in [3.8, 4) is 0 Å². The highest BCUT2D eigenvalue weighted by Crippen LogP contribution is 2.32. The van der Waals surface area contributed by atoms with Crippen LogP contribution < -0.4 is 39.3 Å². The minimum absolute atomic E-state index is 0.0122. The molecule has 16 atom stereocenters. The molecule has 19 N–H and O–H groups in total. The second-order valence-corrected chi connectivity index (χ2v) is 11.5. The Morgan fingerprint density at radius 1 is 0.886 bits per heavy atom. The number of ether oxygens (including phenoxy) is 4. The first-order valence-electron chi connectivity index (χ1n) is 14.8. The summed E-state index contributed by atoms with van der Waals surface area (Å²) in [4.78, 5) is 12.8. The van der Waals surface area contributed by atoms with Gasteiger partial charge in [0.15, 0.2) is 18.7 Å². The van der Waals surface area contributed by atoms with Crippen LogP contribution in [0.3, 0.4) is 0 Å². The van der Waals surface area contributed by atoms with E-state index in [1.54, 1.807) is 0 Å². The molecule has 0 aromatic heterocycles. The molecule has 19 nitrogen and oxygen atoms in total. The highest BCUT2D eigenvalue weighted by molar-refractivity contribution is 5.81. The monoisotopic (exact) mass is 641 g/mol. The van der Waals surface area contributed by atoms with Gasteiger partial charge in [0, 0.05) is 19.1 Å². The Kier molecular flexibility index (Phi) is 14.5. The van der Waals surface area contributed by atoms with Crippen LogP contribution in [0.1, 0.15) is 19.3 Å². The van der Waals surface area contributed by atoms with Gasteiger partial charge in [-0.1, -0.05) is 0 Å². The molecule has 258 valence electrons. The number of rotatable bonds is 14. The van der Waals surface area contributed by atoms with E-state index in [2.05, 4.69) is 10.6 Å². The Labute approximate surface area is 254 Å². The molecule has 2 saturated heterocycles. The molecule has 3 fully saturated rings. The zero-order valence-electron chi connectivity index (χ0n) is 24.5. The molecule has 19 heteroatoms. The van der Waals surface area contributed by atoms with E-state index in [4.69, 9.17) is 47.6 Å². The molecular weight excluding hydrogens is 590 g/mol. The van der Waals surface area contributed by atoms with E-state index in [0.717, 1.165) is 0 Å². The largest absolute Gasteiger partial charge is 0.394 e. The first kappa shape index (κ1) is 37.2. The predicted molar refractivity (Wildman–Crippen MR) is 151 cm³/mol. The second kappa shape index (κ2) is 17.1. The van der Waals surface area contributed by atoms with Crippen molar-refractivity contribution in [3.05, 3.63) is 0 Å². The first-order chi connectivity index (χ1) is 20.9. The van der Waals surface area contributed by atoms with Crippen LogP contribution in [0, 0.1) is 0 Å². The SMILES string of the molecule is NCCCN[C@@H]1C[C@H](O)[C@@H](CN)O[C@@H]1O[C@H]1[C@H](O)[C@@H](O[C@H]2O[C@H](CO)[C@@H](O)[C@H](N)[C@H]2O)[C@H](NC(=O)C(O)C(O)CN)C[C@@H]1N. The molecule has 0 aromatic carbocycles. The van der Waals surface area contributed by atoms with Gasteiger partial charge in [0.25, 0.3) is 5.91 Å². The summed E-state index contributed by atoms with van der Waals surface area (Å²) in [7, 11) is 0. The number of carbonyl (C=O) groups excluding carboxylic acids is 1. The van der Waals surface area contributed by atoms with Crippen molar-refractivity contribution in [2.24, 2.45) is 28.7 Å². The van der Waals surface area contributed by atoms with Crippen LogP contribution in [0.4, 0.5) is 0 Å². The Hall–Kier alpha value is -1.21. The summed E-state index contributed by atoms with van der Waals surface area (Å²) >= 11 is 0. The van der Waals surface area contributed by atoms with Crippen molar-refractivity contribution >= 4 is 5.91 Å². The lowest BCUT2D eigenvalue weighted by Gasteiger charge is -2.49. The van der Waals surface area contributed by atoms with Crippen LogP contribution in [-0.4, -0.2) is 172 Å². The Balaban J connectivity index is 1.87. The maximum absolute atomic E-state index is 12.8. The van der Waals surface area contributed by atoms with E-state index in [-0.39, 0.29) is 19.4 Å². The Morgan fingerprint density at radius 3 is 2.16 bits per heavy atom. The van der Waals surface area contributed by atoms with E-state index in [1.165, 1.54) is 0 Å². The van der Waals surface area contributed by atoms with Crippen LogP contribution in [0.15, 0.2) is 0 Å². The van der Waals surface area contributed by atoms with Crippen LogP contribution in [0.5, 0.6) is 0 Å². The van der Waals surface area contributed by atoms with Crippen LogP contribution in [0.2, 0.25) is 0 Å². The molecule has 0 bridgehead atoms. The summed E-state index contributed by atoms with van der Waals surface area (Å²) in [6.45, 7) is -0.192. The Morgan fingerprint density at radius 2 is 1.55 bits per heavy atom. The van der Waals surface area contributed by atoms with Gasteiger partial charge >= 0.3 is 0 Å².